The van der Waals surface area contributed by atoms with E-state index >= 15 is 0 Å². The van der Waals surface area contributed by atoms with Gasteiger partial charge in [0.05, 0.1) is 6.20 Å². The second-order valence-corrected chi connectivity index (χ2v) is 6.33. The summed E-state index contributed by atoms with van der Waals surface area (Å²) < 4.78 is 26.3. The van der Waals surface area contributed by atoms with Crippen molar-refractivity contribution < 1.29 is 18.3 Å². The standard InChI is InChI=1S/C12H12ClN3O4S/c13-9-3-1-8(2-4-9)5-6-15-21(19,20)11-10(12(17)18)7-14-16-11/h1-4,7,15H,5-6H2,(H,14,16)(H,17,18). The van der Waals surface area contributed by atoms with E-state index in [9.17, 15) is 13.2 Å². The van der Waals surface area contributed by atoms with Gasteiger partial charge in [0.2, 0.25) is 0 Å². The summed E-state index contributed by atoms with van der Waals surface area (Å²) in [5.41, 5.74) is 0.513. The molecule has 0 unspecified atom stereocenters. The van der Waals surface area contributed by atoms with Crippen LogP contribution in [-0.4, -0.2) is 36.2 Å². The fourth-order valence-electron chi connectivity index (χ4n) is 1.68. The summed E-state index contributed by atoms with van der Waals surface area (Å²) in [6.45, 7) is 0.127. The van der Waals surface area contributed by atoms with Gasteiger partial charge in [0.1, 0.15) is 5.56 Å². The van der Waals surface area contributed by atoms with E-state index in [1.165, 1.54) is 0 Å². The molecule has 0 bridgehead atoms. The van der Waals surface area contributed by atoms with Gasteiger partial charge in [-0.1, -0.05) is 23.7 Å². The number of carboxylic acids is 1. The molecule has 9 heteroatoms. The maximum Gasteiger partial charge on any atom is 0.340 e. The van der Waals surface area contributed by atoms with Crippen LogP contribution in [-0.2, 0) is 16.4 Å². The summed E-state index contributed by atoms with van der Waals surface area (Å²) in [5, 5.41) is 14.7. The SMILES string of the molecule is O=C(O)c1cn[nH]c1S(=O)(=O)NCCc1ccc(Cl)cc1. The molecule has 0 saturated heterocycles. The second-order valence-electron chi connectivity index (χ2n) is 4.19. The lowest BCUT2D eigenvalue weighted by Crippen LogP contribution is -2.27. The zero-order valence-corrected chi connectivity index (χ0v) is 12.3. The smallest absolute Gasteiger partial charge is 0.340 e. The number of aromatic nitrogens is 2. The number of nitrogens with one attached hydrogen (secondary N) is 2. The maximum absolute atomic E-state index is 12.0. The Morgan fingerprint density at radius 1 is 1.33 bits per heavy atom. The molecular formula is C12H12ClN3O4S. The number of carboxylic acid groups (broad SMARTS) is 1. The van der Waals surface area contributed by atoms with Crippen LogP contribution in [0.15, 0.2) is 35.5 Å². The second kappa shape index (κ2) is 6.25. The summed E-state index contributed by atoms with van der Waals surface area (Å²) in [6, 6.07) is 7.00. The average molecular weight is 330 g/mol. The number of nitrogens with zero attached hydrogens (tertiary/aromatic N) is 1. The fourth-order valence-corrected chi connectivity index (χ4v) is 2.93. The minimum atomic E-state index is -3.95. The molecule has 1 aromatic heterocycles. The molecule has 0 atom stereocenters. The molecule has 2 rings (SSSR count). The first-order valence-electron chi connectivity index (χ1n) is 5.91. The van der Waals surface area contributed by atoms with Crippen LogP contribution in [0, 0.1) is 0 Å². The number of hydrogen-bond donors (Lipinski definition) is 3. The lowest BCUT2D eigenvalue weighted by Gasteiger charge is -2.06. The molecule has 0 aliphatic heterocycles. The molecule has 1 aromatic carbocycles. The third-order valence-electron chi connectivity index (χ3n) is 2.72. The van der Waals surface area contributed by atoms with Gasteiger partial charge in [0, 0.05) is 11.6 Å². The lowest BCUT2D eigenvalue weighted by atomic mass is 10.2. The molecular weight excluding hydrogens is 318 g/mol. The molecule has 1 heterocycles. The Labute approximate surface area is 126 Å². The number of aromatic carboxylic acids is 1. The fraction of sp³-hybridized carbons (Fsp3) is 0.167. The number of carbonyl (C=O) groups is 1. The number of benzene rings is 1. The molecule has 0 fully saturated rings. The Kier molecular flexibility index (Phi) is 4.61. The zero-order valence-electron chi connectivity index (χ0n) is 10.7. The Morgan fingerprint density at radius 3 is 2.62 bits per heavy atom. The van der Waals surface area contributed by atoms with E-state index in [0.29, 0.717) is 11.4 Å². The predicted octanol–water partition coefficient (Wildman–Crippen LogP) is 1.28. The van der Waals surface area contributed by atoms with Crippen LogP contribution in [0.3, 0.4) is 0 Å². The minimum absolute atomic E-state index is 0.127. The first-order chi connectivity index (χ1) is 9.90. The van der Waals surface area contributed by atoms with E-state index in [0.717, 1.165) is 11.8 Å². The van der Waals surface area contributed by atoms with Gasteiger partial charge in [0.15, 0.2) is 5.03 Å². The van der Waals surface area contributed by atoms with Crippen LogP contribution >= 0.6 is 11.6 Å². The number of rotatable bonds is 6. The molecule has 112 valence electrons. The Balaban J connectivity index is 2.03. The van der Waals surface area contributed by atoms with Crippen molar-refractivity contribution >= 4 is 27.6 Å². The monoisotopic (exact) mass is 329 g/mol. The van der Waals surface area contributed by atoms with Crippen molar-refractivity contribution in [1.82, 2.24) is 14.9 Å². The van der Waals surface area contributed by atoms with Crippen LogP contribution in [0.4, 0.5) is 0 Å². The summed E-state index contributed by atoms with van der Waals surface area (Å²) >= 11 is 5.75. The van der Waals surface area contributed by atoms with Gasteiger partial charge >= 0.3 is 5.97 Å². The van der Waals surface area contributed by atoms with Crippen molar-refractivity contribution in [3.8, 4) is 0 Å². The summed E-state index contributed by atoms with van der Waals surface area (Å²) in [4.78, 5) is 10.9. The predicted molar refractivity (Wildman–Crippen MR) is 75.9 cm³/mol. The third kappa shape index (κ3) is 3.81. The number of sulfonamides is 1. The van der Waals surface area contributed by atoms with E-state index < -0.39 is 26.6 Å². The highest BCUT2D eigenvalue weighted by atomic mass is 35.5. The van der Waals surface area contributed by atoms with Gasteiger partial charge in [-0.05, 0) is 24.1 Å². The average Bonchev–Trinajstić information content (AvgIpc) is 2.91. The van der Waals surface area contributed by atoms with Gasteiger partial charge in [-0.25, -0.2) is 17.9 Å². The van der Waals surface area contributed by atoms with Crippen molar-refractivity contribution in [3.05, 3.63) is 46.6 Å². The first kappa shape index (κ1) is 15.5. The van der Waals surface area contributed by atoms with Crippen LogP contribution < -0.4 is 4.72 Å². The van der Waals surface area contributed by atoms with Gasteiger partial charge in [-0.15, -0.1) is 0 Å². The van der Waals surface area contributed by atoms with Crippen LogP contribution in [0.2, 0.25) is 5.02 Å². The van der Waals surface area contributed by atoms with Crippen molar-refractivity contribution in [1.29, 1.82) is 0 Å². The van der Waals surface area contributed by atoms with Gasteiger partial charge in [-0.2, -0.15) is 5.10 Å². The quantitative estimate of drug-likeness (QED) is 0.739. The molecule has 7 nitrogen and oxygen atoms in total. The largest absolute Gasteiger partial charge is 0.478 e. The van der Waals surface area contributed by atoms with Crippen molar-refractivity contribution in [2.75, 3.05) is 6.54 Å². The van der Waals surface area contributed by atoms with E-state index in [-0.39, 0.29) is 6.54 Å². The lowest BCUT2D eigenvalue weighted by molar-refractivity contribution is 0.0692. The Hall–Kier alpha value is -1.90. The van der Waals surface area contributed by atoms with Crippen molar-refractivity contribution in [3.63, 3.8) is 0 Å². The summed E-state index contributed by atoms with van der Waals surface area (Å²) in [5.74, 6) is -1.36. The van der Waals surface area contributed by atoms with Crippen LogP contribution in [0.1, 0.15) is 15.9 Å². The summed E-state index contributed by atoms with van der Waals surface area (Å²) in [7, 11) is -3.95. The van der Waals surface area contributed by atoms with E-state index in [1.807, 2.05) is 0 Å². The maximum atomic E-state index is 12.0. The van der Waals surface area contributed by atoms with Gasteiger partial charge < -0.3 is 5.11 Å². The number of halogens is 1. The first-order valence-corrected chi connectivity index (χ1v) is 7.77. The van der Waals surface area contributed by atoms with Crippen LogP contribution in [0.25, 0.3) is 0 Å². The zero-order chi connectivity index (χ0) is 15.5. The molecule has 21 heavy (non-hydrogen) atoms. The molecule has 3 N–H and O–H groups in total. The van der Waals surface area contributed by atoms with Gasteiger partial charge in [-0.3, -0.25) is 5.10 Å². The highest BCUT2D eigenvalue weighted by Crippen LogP contribution is 2.12. The van der Waals surface area contributed by atoms with Gasteiger partial charge in [0.25, 0.3) is 10.0 Å². The Bertz CT molecular complexity index is 740. The normalized spacial score (nSPS) is 11.5. The Morgan fingerprint density at radius 2 is 2.00 bits per heavy atom. The molecule has 0 amide bonds. The number of hydrogen-bond acceptors (Lipinski definition) is 4. The van der Waals surface area contributed by atoms with E-state index in [1.54, 1.807) is 24.3 Å². The van der Waals surface area contributed by atoms with E-state index in [2.05, 4.69) is 14.9 Å². The molecule has 2 aromatic rings. The number of H-pyrrole nitrogens is 1. The molecule has 0 spiro atoms. The van der Waals surface area contributed by atoms with E-state index in [4.69, 9.17) is 16.7 Å². The molecule has 0 radical (unpaired) electrons. The highest BCUT2D eigenvalue weighted by Gasteiger charge is 2.24. The summed E-state index contributed by atoms with van der Waals surface area (Å²) in [6.07, 6.45) is 1.41. The number of aromatic amines is 1. The molecule has 0 saturated carbocycles. The van der Waals surface area contributed by atoms with Crippen LogP contribution in [0.5, 0.6) is 0 Å². The minimum Gasteiger partial charge on any atom is -0.478 e. The van der Waals surface area contributed by atoms with Crippen molar-refractivity contribution in [2.24, 2.45) is 0 Å². The topological polar surface area (TPSA) is 112 Å². The highest BCUT2D eigenvalue weighted by molar-refractivity contribution is 7.89. The molecule has 0 aliphatic carbocycles. The molecule has 0 aliphatic rings. The van der Waals surface area contributed by atoms with Crippen molar-refractivity contribution in [2.45, 2.75) is 11.4 Å². The third-order valence-corrected chi connectivity index (χ3v) is 4.41.